The number of carbonyl (C=O) groups excluding carboxylic acids is 1. The van der Waals surface area contributed by atoms with Crippen LogP contribution >= 0.6 is 15.9 Å². The second kappa shape index (κ2) is 9.49. The molecule has 2 N–H and O–H groups in total. The van der Waals surface area contributed by atoms with Gasteiger partial charge in [0.2, 0.25) is 0 Å². The van der Waals surface area contributed by atoms with Crippen LogP contribution in [-0.4, -0.2) is 37.6 Å². The zero-order valence-corrected chi connectivity index (χ0v) is 17.6. The average Bonchev–Trinajstić information content (AvgIpc) is 3.17. The summed E-state index contributed by atoms with van der Waals surface area (Å²) in [4.78, 5) is 14.4. The molecule has 0 bridgehead atoms. The highest BCUT2D eigenvalue weighted by Crippen LogP contribution is 2.25. The van der Waals surface area contributed by atoms with Crippen LogP contribution in [0.15, 0.2) is 46.9 Å². The molecule has 1 amide bonds. The van der Waals surface area contributed by atoms with Crippen LogP contribution < -0.4 is 15.6 Å². The van der Waals surface area contributed by atoms with Gasteiger partial charge in [-0.25, -0.2) is 4.39 Å². The summed E-state index contributed by atoms with van der Waals surface area (Å²) in [6.07, 6.45) is 2.77. The van der Waals surface area contributed by atoms with E-state index in [9.17, 15) is 9.18 Å². The predicted octanol–water partition coefficient (Wildman–Crippen LogP) is 4.06. The monoisotopic (exact) mass is 449 g/mol. The molecule has 1 saturated heterocycles. The van der Waals surface area contributed by atoms with Crippen molar-refractivity contribution in [2.24, 2.45) is 0 Å². The molecular formula is C21H25BrFN3O2. The van der Waals surface area contributed by atoms with E-state index in [2.05, 4.69) is 26.8 Å². The Labute approximate surface area is 173 Å². The molecule has 7 heteroatoms. The number of hydrazine groups is 1. The van der Waals surface area contributed by atoms with Gasteiger partial charge in [-0.3, -0.25) is 15.6 Å². The number of hydrogen-bond donors (Lipinski definition) is 2. The molecule has 2 unspecified atom stereocenters. The van der Waals surface area contributed by atoms with Gasteiger partial charge in [0.25, 0.3) is 5.91 Å². The van der Waals surface area contributed by atoms with Gasteiger partial charge in [0, 0.05) is 30.1 Å². The highest BCUT2D eigenvalue weighted by atomic mass is 79.9. The van der Waals surface area contributed by atoms with Crippen molar-refractivity contribution >= 4 is 21.8 Å². The third-order valence-corrected chi connectivity index (χ3v) is 5.74. The molecule has 150 valence electrons. The summed E-state index contributed by atoms with van der Waals surface area (Å²) >= 11 is 3.44. The lowest BCUT2D eigenvalue weighted by molar-refractivity contribution is 0.0790. The van der Waals surface area contributed by atoms with Gasteiger partial charge in [-0.15, -0.1) is 0 Å². The molecule has 0 saturated carbocycles. The highest BCUT2D eigenvalue weighted by molar-refractivity contribution is 9.10. The van der Waals surface area contributed by atoms with Crippen LogP contribution in [-0.2, 0) is 0 Å². The lowest BCUT2D eigenvalue weighted by Gasteiger charge is -2.19. The molecule has 2 atom stereocenters. The van der Waals surface area contributed by atoms with E-state index in [-0.39, 0.29) is 17.8 Å². The van der Waals surface area contributed by atoms with Crippen molar-refractivity contribution < 1.29 is 13.9 Å². The Bertz CT molecular complexity index is 816. The fourth-order valence-corrected chi connectivity index (χ4v) is 3.82. The molecule has 1 heterocycles. The maximum absolute atomic E-state index is 13.1. The molecule has 0 aromatic heterocycles. The fourth-order valence-electron chi connectivity index (χ4n) is 3.40. The second-order valence-corrected chi connectivity index (χ2v) is 7.89. The van der Waals surface area contributed by atoms with Gasteiger partial charge in [0.1, 0.15) is 11.6 Å². The van der Waals surface area contributed by atoms with Crippen LogP contribution in [0.5, 0.6) is 5.75 Å². The van der Waals surface area contributed by atoms with Crippen molar-refractivity contribution in [2.45, 2.75) is 31.3 Å². The smallest absolute Gasteiger partial charge is 0.254 e. The van der Waals surface area contributed by atoms with Crippen molar-refractivity contribution in [2.75, 3.05) is 20.7 Å². The summed E-state index contributed by atoms with van der Waals surface area (Å²) in [7, 11) is 3.40. The summed E-state index contributed by atoms with van der Waals surface area (Å²) in [6, 6.07) is 12.5. The summed E-state index contributed by atoms with van der Waals surface area (Å²) in [5.74, 6) is 0.405. The molecule has 28 heavy (non-hydrogen) atoms. The van der Waals surface area contributed by atoms with E-state index in [0.717, 1.165) is 29.3 Å². The van der Waals surface area contributed by atoms with E-state index >= 15 is 0 Å². The molecule has 3 rings (SSSR count). The Balaban J connectivity index is 1.47. The SMILES string of the molecule is COc1ccc(Br)c(C(=O)N(C)CCCC2CC(c3ccc(F)cc3)NN2)c1. The Morgan fingerprint density at radius 3 is 2.71 bits per heavy atom. The number of halogens is 2. The molecular weight excluding hydrogens is 425 g/mol. The number of hydrogen-bond acceptors (Lipinski definition) is 4. The first-order valence-electron chi connectivity index (χ1n) is 9.33. The predicted molar refractivity (Wildman–Crippen MR) is 111 cm³/mol. The molecule has 0 aliphatic carbocycles. The number of carbonyl (C=O) groups is 1. The third kappa shape index (κ3) is 5.10. The van der Waals surface area contributed by atoms with Crippen LogP contribution in [0.3, 0.4) is 0 Å². The number of nitrogens with zero attached hydrogens (tertiary/aromatic N) is 1. The maximum atomic E-state index is 13.1. The van der Waals surface area contributed by atoms with Crippen LogP contribution in [0.2, 0.25) is 0 Å². The van der Waals surface area contributed by atoms with Gasteiger partial charge in [-0.1, -0.05) is 12.1 Å². The van der Waals surface area contributed by atoms with Crippen LogP contribution in [0.4, 0.5) is 4.39 Å². The van der Waals surface area contributed by atoms with Crippen LogP contribution in [0.25, 0.3) is 0 Å². The van der Waals surface area contributed by atoms with E-state index in [0.29, 0.717) is 23.9 Å². The molecule has 2 aromatic rings. The minimum absolute atomic E-state index is 0.0348. The van der Waals surface area contributed by atoms with Crippen molar-refractivity contribution in [3.63, 3.8) is 0 Å². The van der Waals surface area contributed by atoms with Crippen LogP contribution in [0.1, 0.15) is 41.2 Å². The lowest BCUT2D eigenvalue weighted by Crippen LogP contribution is -2.32. The van der Waals surface area contributed by atoms with Gasteiger partial charge >= 0.3 is 0 Å². The van der Waals surface area contributed by atoms with Gasteiger partial charge in [-0.2, -0.15) is 0 Å². The summed E-state index contributed by atoms with van der Waals surface area (Å²) in [5, 5.41) is 0. The zero-order chi connectivity index (χ0) is 20.1. The highest BCUT2D eigenvalue weighted by Gasteiger charge is 2.25. The van der Waals surface area contributed by atoms with Gasteiger partial charge < -0.3 is 9.64 Å². The molecule has 1 aliphatic heterocycles. The molecule has 0 radical (unpaired) electrons. The topological polar surface area (TPSA) is 53.6 Å². The van der Waals surface area contributed by atoms with Gasteiger partial charge in [0.05, 0.1) is 12.7 Å². The first-order valence-corrected chi connectivity index (χ1v) is 10.1. The third-order valence-electron chi connectivity index (χ3n) is 5.05. The Hall–Kier alpha value is -1.96. The number of nitrogens with one attached hydrogen (secondary N) is 2. The number of methoxy groups -OCH3 is 1. The first kappa shape index (κ1) is 20.8. The second-order valence-electron chi connectivity index (χ2n) is 7.04. The van der Waals surface area contributed by atoms with Crippen molar-refractivity contribution in [3.05, 3.63) is 63.9 Å². The largest absolute Gasteiger partial charge is 0.497 e. The lowest BCUT2D eigenvalue weighted by atomic mass is 9.99. The summed E-state index contributed by atoms with van der Waals surface area (Å²) in [6.45, 7) is 0.669. The summed E-state index contributed by atoms with van der Waals surface area (Å²) in [5.41, 5.74) is 8.26. The molecule has 2 aromatic carbocycles. The minimum Gasteiger partial charge on any atom is -0.497 e. The maximum Gasteiger partial charge on any atom is 0.254 e. The molecule has 1 fully saturated rings. The quantitative estimate of drug-likeness (QED) is 0.669. The van der Waals surface area contributed by atoms with E-state index in [4.69, 9.17) is 4.74 Å². The van der Waals surface area contributed by atoms with Gasteiger partial charge in [-0.05, 0) is 71.1 Å². The molecule has 5 nitrogen and oxygen atoms in total. The van der Waals surface area contributed by atoms with E-state index < -0.39 is 0 Å². The molecule has 1 aliphatic rings. The van der Waals surface area contributed by atoms with Crippen LogP contribution in [0, 0.1) is 5.82 Å². The Morgan fingerprint density at radius 2 is 2.00 bits per heavy atom. The number of rotatable bonds is 7. The Kier molecular flexibility index (Phi) is 7.04. The van der Waals surface area contributed by atoms with Gasteiger partial charge in [0.15, 0.2) is 0 Å². The normalized spacial score (nSPS) is 18.9. The number of ether oxygens (including phenoxy) is 1. The van der Waals surface area contributed by atoms with E-state index in [1.165, 1.54) is 12.1 Å². The zero-order valence-electron chi connectivity index (χ0n) is 16.0. The molecule has 0 spiro atoms. The minimum atomic E-state index is -0.221. The fraction of sp³-hybridized carbons (Fsp3) is 0.381. The van der Waals surface area contributed by atoms with Crippen molar-refractivity contribution in [3.8, 4) is 5.75 Å². The number of amides is 1. The van der Waals surface area contributed by atoms with Crippen molar-refractivity contribution in [1.29, 1.82) is 0 Å². The Morgan fingerprint density at radius 1 is 1.25 bits per heavy atom. The first-order chi connectivity index (χ1) is 13.5. The standard InChI is InChI=1S/C21H25BrFN3O2/c1-26(21(27)18-13-17(28-2)9-10-19(18)22)11-3-4-16-12-20(25-24-16)14-5-7-15(23)8-6-14/h5-10,13,16,20,24-25H,3-4,11-12H2,1-2H3. The van der Waals surface area contributed by atoms with E-state index in [1.54, 1.807) is 18.1 Å². The number of benzene rings is 2. The average molecular weight is 450 g/mol. The van der Waals surface area contributed by atoms with E-state index in [1.807, 2.05) is 31.3 Å². The van der Waals surface area contributed by atoms with Crippen molar-refractivity contribution in [1.82, 2.24) is 15.8 Å². The summed E-state index contributed by atoms with van der Waals surface area (Å²) < 4.78 is 19.0.